The average Bonchev–Trinajstić information content (AvgIpc) is 3.23. The van der Waals surface area contributed by atoms with E-state index in [0.29, 0.717) is 30.9 Å². The molecule has 0 bridgehead atoms. The Kier molecular flexibility index (Phi) is 11.3. The van der Waals surface area contributed by atoms with E-state index in [1.807, 2.05) is 39.2 Å². The van der Waals surface area contributed by atoms with Crippen LogP contribution in [-0.4, -0.2) is 60.7 Å². The molecular weight excluding hydrogens is 468 g/mol. The van der Waals surface area contributed by atoms with E-state index < -0.39 is 6.43 Å². The van der Waals surface area contributed by atoms with Crippen LogP contribution in [0.2, 0.25) is 0 Å². The third kappa shape index (κ3) is 7.85. The molecule has 0 aliphatic carbocycles. The van der Waals surface area contributed by atoms with Gasteiger partial charge < -0.3 is 10.2 Å². The van der Waals surface area contributed by atoms with Crippen LogP contribution >= 0.6 is 11.8 Å². The molecule has 9 heteroatoms. The molecule has 6 nitrogen and oxygen atoms in total. The lowest BCUT2D eigenvalue weighted by molar-refractivity contribution is -0.115. The number of alkyl halides is 2. The number of nitrogens with one attached hydrogen (secondary N) is 1. The number of halogens is 2. The molecule has 1 amide bonds. The van der Waals surface area contributed by atoms with Gasteiger partial charge in [0.1, 0.15) is 11.5 Å². The highest BCUT2D eigenvalue weighted by molar-refractivity contribution is 8.06. The number of carbonyl (C=O) groups excluding carboxylic acids is 1. The molecule has 1 unspecified atom stereocenters. The summed E-state index contributed by atoms with van der Waals surface area (Å²) in [5.74, 6) is 0.520. The van der Waals surface area contributed by atoms with Gasteiger partial charge in [-0.15, -0.1) is 0 Å². The van der Waals surface area contributed by atoms with Crippen molar-refractivity contribution in [2.45, 2.75) is 53.0 Å². The van der Waals surface area contributed by atoms with Crippen molar-refractivity contribution in [3.8, 4) is 0 Å². The van der Waals surface area contributed by atoms with Crippen molar-refractivity contribution in [3.05, 3.63) is 58.7 Å². The normalized spacial score (nSPS) is 19.6. The van der Waals surface area contributed by atoms with Crippen molar-refractivity contribution >= 4 is 34.9 Å². The van der Waals surface area contributed by atoms with Crippen molar-refractivity contribution < 1.29 is 13.6 Å². The van der Waals surface area contributed by atoms with Gasteiger partial charge >= 0.3 is 0 Å². The highest BCUT2D eigenvalue weighted by Crippen LogP contribution is 2.34. The standard InChI is InChI=1S/C26H35F2N5OS/c1-7-12-30-24(17(3)4)26(34)32-19-14-22-20(21(29-6)10-9-11-23(27)28)15-31-25(33(22)16-19)18(5)35-13-8-2/h7-10,12-13,17,19,23H,5,11,14-16H2,1-4,6H3,(H,32,34)/b10-9-,12-7-,13-8-,29-21?,30-24?. The molecule has 0 spiro atoms. The summed E-state index contributed by atoms with van der Waals surface area (Å²) < 4.78 is 25.3. The van der Waals surface area contributed by atoms with Gasteiger partial charge in [-0.1, -0.05) is 50.4 Å². The van der Waals surface area contributed by atoms with E-state index in [-0.39, 0.29) is 24.3 Å². The van der Waals surface area contributed by atoms with Gasteiger partial charge in [-0.25, -0.2) is 8.78 Å². The van der Waals surface area contributed by atoms with E-state index in [9.17, 15) is 13.6 Å². The van der Waals surface area contributed by atoms with Gasteiger partial charge in [-0.05, 0) is 25.3 Å². The molecule has 0 saturated carbocycles. The number of amides is 1. The van der Waals surface area contributed by atoms with Gasteiger partial charge in [0, 0.05) is 54.7 Å². The van der Waals surface area contributed by atoms with Crippen LogP contribution < -0.4 is 5.32 Å². The Bertz CT molecular complexity index is 1010. The van der Waals surface area contributed by atoms with Crippen LogP contribution in [0, 0.1) is 5.92 Å². The van der Waals surface area contributed by atoms with Crippen LogP contribution in [0.5, 0.6) is 0 Å². The van der Waals surface area contributed by atoms with E-state index in [2.05, 4.69) is 26.8 Å². The Morgan fingerprint density at radius 1 is 1.34 bits per heavy atom. The summed E-state index contributed by atoms with van der Waals surface area (Å²) in [6.07, 6.45) is 6.23. The van der Waals surface area contributed by atoms with Gasteiger partial charge in [-0.3, -0.25) is 19.8 Å². The summed E-state index contributed by atoms with van der Waals surface area (Å²) >= 11 is 1.49. The first kappa shape index (κ1) is 28.4. The van der Waals surface area contributed by atoms with Gasteiger partial charge in [0.2, 0.25) is 6.43 Å². The third-order valence-electron chi connectivity index (χ3n) is 5.37. The molecule has 2 rings (SSSR count). The Labute approximate surface area is 211 Å². The molecular formula is C26H35F2N5OS. The Morgan fingerprint density at radius 3 is 2.69 bits per heavy atom. The lowest BCUT2D eigenvalue weighted by Crippen LogP contribution is -2.43. The zero-order chi connectivity index (χ0) is 26.0. The second-order valence-corrected chi connectivity index (χ2v) is 9.35. The van der Waals surface area contributed by atoms with Crippen LogP contribution in [0.25, 0.3) is 0 Å². The number of hydrogen-bond acceptors (Lipinski definition) is 6. The molecule has 2 aliphatic heterocycles. The molecule has 1 saturated heterocycles. The molecule has 2 aliphatic rings. The number of amidine groups is 1. The van der Waals surface area contributed by atoms with E-state index in [0.717, 1.165) is 22.0 Å². The lowest BCUT2D eigenvalue weighted by atomic mass is 10.0. The number of aliphatic imine (C=N–C) groups is 3. The van der Waals surface area contributed by atoms with Gasteiger partial charge in [-0.2, -0.15) is 0 Å². The number of allylic oxidation sites excluding steroid dienone is 4. The summed E-state index contributed by atoms with van der Waals surface area (Å²) in [7, 11) is 1.64. The van der Waals surface area contributed by atoms with Crippen LogP contribution in [0.1, 0.15) is 40.5 Å². The second kappa shape index (κ2) is 13.9. The van der Waals surface area contributed by atoms with Crippen molar-refractivity contribution in [3.63, 3.8) is 0 Å². The Hall–Kier alpha value is -2.81. The molecule has 0 radical (unpaired) electrons. The molecule has 0 aromatic heterocycles. The molecule has 0 aromatic carbocycles. The number of thioether (sulfide) groups is 1. The van der Waals surface area contributed by atoms with Crippen LogP contribution in [0.15, 0.2) is 73.6 Å². The molecule has 35 heavy (non-hydrogen) atoms. The molecule has 2 heterocycles. The quantitative estimate of drug-likeness (QED) is 0.377. The number of fused-ring (bicyclic) bond motifs is 1. The number of carbonyl (C=O) groups is 1. The van der Waals surface area contributed by atoms with E-state index in [1.165, 1.54) is 17.8 Å². The first-order valence-corrected chi connectivity index (χ1v) is 12.5. The summed E-state index contributed by atoms with van der Waals surface area (Å²) in [5.41, 5.74) is 2.93. The van der Waals surface area contributed by atoms with Crippen molar-refractivity contribution in [2.24, 2.45) is 20.9 Å². The van der Waals surface area contributed by atoms with Crippen LogP contribution in [0.4, 0.5) is 8.78 Å². The summed E-state index contributed by atoms with van der Waals surface area (Å²) in [5, 5.41) is 5.06. The monoisotopic (exact) mass is 503 g/mol. The minimum absolute atomic E-state index is 0.0297. The highest BCUT2D eigenvalue weighted by Gasteiger charge is 2.37. The van der Waals surface area contributed by atoms with Gasteiger partial charge in [0.25, 0.3) is 5.91 Å². The molecule has 190 valence electrons. The second-order valence-electron chi connectivity index (χ2n) is 8.35. The van der Waals surface area contributed by atoms with Crippen LogP contribution in [0.3, 0.4) is 0 Å². The van der Waals surface area contributed by atoms with Crippen LogP contribution in [-0.2, 0) is 4.79 Å². The lowest BCUT2D eigenvalue weighted by Gasteiger charge is -2.29. The molecule has 1 atom stereocenters. The maximum atomic E-state index is 13.0. The Balaban J connectivity index is 2.37. The summed E-state index contributed by atoms with van der Waals surface area (Å²) in [4.78, 5) is 29.3. The minimum Gasteiger partial charge on any atom is -0.346 e. The highest BCUT2D eigenvalue weighted by atomic mass is 32.2. The topological polar surface area (TPSA) is 69.4 Å². The zero-order valence-electron chi connectivity index (χ0n) is 21.1. The number of hydrogen-bond donors (Lipinski definition) is 1. The SMILES string of the molecule is C=C(S/C=C\C)C1=NCC(C(/C=C\CC(F)F)=NC)=C2CC(NC(=O)C(=N/C=C\C)C(C)C)CN12. The van der Waals surface area contributed by atoms with E-state index >= 15 is 0 Å². The molecule has 1 N–H and O–H groups in total. The fraction of sp³-hybridized carbons (Fsp3) is 0.462. The van der Waals surface area contributed by atoms with Gasteiger partial charge in [0.05, 0.1) is 18.3 Å². The van der Waals surface area contributed by atoms with Crippen molar-refractivity contribution in [2.75, 3.05) is 20.1 Å². The predicted molar refractivity (Wildman–Crippen MR) is 144 cm³/mol. The van der Waals surface area contributed by atoms with E-state index in [4.69, 9.17) is 4.99 Å². The average molecular weight is 504 g/mol. The van der Waals surface area contributed by atoms with Crippen molar-refractivity contribution in [1.82, 2.24) is 10.2 Å². The first-order valence-electron chi connectivity index (χ1n) is 11.7. The zero-order valence-corrected chi connectivity index (χ0v) is 21.9. The third-order valence-corrected chi connectivity index (χ3v) is 6.25. The fourth-order valence-electron chi connectivity index (χ4n) is 3.81. The van der Waals surface area contributed by atoms with Crippen molar-refractivity contribution in [1.29, 1.82) is 0 Å². The van der Waals surface area contributed by atoms with E-state index in [1.54, 1.807) is 25.4 Å². The largest absolute Gasteiger partial charge is 0.346 e. The summed E-state index contributed by atoms with van der Waals surface area (Å²) in [6, 6.07) is -0.173. The maximum Gasteiger partial charge on any atom is 0.266 e. The summed E-state index contributed by atoms with van der Waals surface area (Å²) in [6.45, 7) is 12.7. The number of rotatable bonds is 11. The van der Waals surface area contributed by atoms with Gasteiger partial charge in [0.15, 0.2) is 0 Å². The first-order chi connectivity index (χ1) is 16.7. The predicted octanol–water partition coefficient (Wildman–Crippen LogP) is 5.54. The minimum atomic E-state index is -2.41. The smallest absolute Gasteiger partial charge is 0.266 e. The number of nitrogens with zero attached hydrogens (tertiary/aromatic N) is 4. The maximum absolute atomic E-state index is 13.0. The molecule has 0 aromatic rings. The molecule has 1 fully saturated rings. The fourth-order valence-corrected chi connectivity index (χ4v) is 4.39. The Morgan fingerprint density at radius 2 is 2.09 bits per heavy atom.